The van der Waals surface area contributed by atoms with E-state index in [1.54, 1.807) is 48.5 Å². The van der Waals surface area contributed by atoms with Crippen LogP contribution < -0.4 is 11.1 Å². The average Bonchev–Trinajstić information content (AvgIpc) is 2.53. The molecule has 2 aromatic carbocycles. The lowest BCUT2D eigenvalue weighted by atomic mass is 9.77. The van der Waals surface area contributed by atoms with Crippen LogP contribution in [-0.4, -0.2) is 23.5 Å². The van der Waals surface area contributed by atoms with Gasteiger partial charge in [-0.3, -0.25) is 4.79 Å². The molecule has 2 rings (SSSR count). The van der Waals surface area contributed by atoms with Crippen molar-refractivity contribution in [2.24, 2.45) is 5.73 Å². The number of hydrogen-bond donors (Lipinski definition) is 3. The largest absolute Gasteiger partial charge is 0.480 e. The van der Waals surface area contributed by atoms with Crippen LogP contribution in [0.3, 0.4) is 0 Å². The molecule has 0 heterocycles. The van der Waals surface area contributed by atoms with Crippen molar-refractivity contribution in [3.05, 3.63) is 71.8 Å². The number of carbonyl (C=O) groups excluding carboxylic acids is 1. The summed E-state index contributed by atoms with van der Waals surface area (Å²) in [5.41, 5.74) is 6.32. The Morgan fingerprint density at radius 3 is 1.81 bits per heavy atom. The summed E-state index contributed by atoms with van der Waals surface area (Å²) in [6, 6.07) is 16.4. The van der Waals surface area contributed by atoms with E-state index < -0.39 is 17.6 Å². The van der Waals surface area contributed by atoms with Gasteiger partial charge < -0.3 is 16.2 Å². The first kappa shape index (κ1) is 14.7. The second kappa shape index (κ2) is 6.19. The fourth-order valence-corrected chi connectivity index (χ4v) is 2.39. The molecule has 0 aliphatic rings. The van der Waals surface area contributed by atoms with Crippen molar-refractivity contribution in [2.75, 3.05) is 0 Å². The molecule has 4 N–H and O–H groups in total. The molecule has 5 nitrogen and oxygen atoms in total. The van der Waals surface area contributed by atoms with Gasteiger partial charge in [0.05, 0.1) is 5.54 Å². The second-order valence-corrected chi connectivity index (χ2v) is 4.66. The van der Waals surface area contributed by atoms with Crippen LogP contribution in [0.25, 0.3) is 0 Å². The number of nitrogens with one attached hydrogen (secondary N) is 1. The number of aliphatic carboxylic acids is 1. The summed E-state index contributed by atoms with van der Waals surface area (Å²) in [5.74, 6) is -1.20. The molecule has 1 amide bonds. The van der Waals surface area contributed by atoms with E-state index in [9.17, 15) is 14.7 Å². The van der Waals surface area contributed by atoms with Gasteiger partial charge in [-0.05, 0) is 11.1 Å². The van der Waals surface area contributed by atoms with Crippen LogP contribution in [0.15, 0.2) is 60.7 Å². The van der Waals surface area contributed by atoms with Gasteiger partial charge in [-0.15, -0.1) is 0 Å². The summed E-state index contributed by atoms with van der Waals surface area (Å²) in [4.78, 5) is 22.4. The average molecular weight is 284 g/mol. The van der Waals surface area contributed by atoms with E-state index in [1.165, 1.54) is 0 Å². The third-order valence-corrected chi connectivity index (χ3v) is 3.44. The van der Waals surface area contributed by atoms with Crippen molar-refractivity contribution < 1.29 is 14.7 Å². The van der Waals surface area contributed by atoms with Crippen molar-refractivity contribution >= 4 is 12.4 Å². The molecule has 108 valence electrons. The van der Waals surface area contributed by atoms with Crippen LogP contribution >= 0.6 is 0 Å². The van der Waals surface area contributed by atoms with Crippen LogP contribution in [0.2, 0.25) is 0 Å². The zero-order chi connectivity index (χ0) is 15.3. The van der Waals surface area contributed by atoms with Gasteiger partial charge in [0.2, 0.25) is 6.41 Å². The monoisotopic (exact) mass is 284 g/mol. The Balaban J connectivity index is 2.64. The summed E-state index contributed by atoms with van der Waals surface area (Å²) < 4.78 is 0. The van der Waals surface area contributed by atoms with Crippen LogP contribution in [0.1, 0.15) is 11.1 Å². The van der Waals surface area contributed by atoms with Gasteiger partial charge in [0.1, 0.15) is 0 Å². The molecule has 2 aromatic rings. The molecule has 0 aliphatic carbocycles. The van der Waals surface area contributed by atoms with Crippen molar-refractivity contribution in [1.29, 1.82) is 0 Å². The molecule has 1 atom stereocenters. The number of carboxylic acids is 1. The predicted molar refractivity (Wildman–Crippen MR) is 78.5 cm³/mol. The Morgan fingerprint density at radius 2 is 1.48 bits per heavy atom. The van der Waals surface area contributed by atoms with Gasteiger partial charge in [0.25, 0.3) is 0 Å². The summed E-state index contributed by atoms with van der Waals surface area (Å²) in [7, 11) is 0. The first-order valence-corrected chi connectivity index (χ1v) is 6.43. The standard InChI is InChI=1S/C16H16N2O3/c17-16(12-7-3-1-4-8-12,13-9-5-2-6-10-13)14(15(20)21)18-11-19/h1-11,14H,17H2,(H,18,19)(H,20,21). The highest BCUT2D eigenvalue weighted by atomic mass is 16.4. The zero-order valence-electron chi connectivity index (χ0n) is 11.3. The summed E-state index contributed by atoms with van der Waals surface area (Å²) in [5, 5.41) is 11.8. The van der Waals surface area contributed by atoms with E-state index in [0.717, 1.165) is 0 Å². The Morgan fingerprint density at radius 1 is 1.05 bits per heavy atom. The van der Waals surface area contributed by atoms with Crippen molar-refractivity contribution in [1.82, 2.24) is 5.32 Å². The number of nitrogens with two attached hydrogens (primary N) is 1. The minimum absolute atomic E-state index is 0.353. The lowest BCUT2D eigenvalue weighted by Gasteiger charge is -2.35. The van der Waals surface area contributed by atoms with Gasteiger partial charge in [-0.2, -0.15) is 0 Å². The van der Waals surface area contributed by atoms with E-state index in [4.69, 9.17) is 5.73 Å². The molecular weight excluding hydrogens is 268 g/mol. The molecule has 21 heavy (non-hydrogen) atoms. The molecular formula is C16H16N2O3. The van der Waals surface area contributed by atoms with Crippen molar-refractivity contribution in [2.45, 2.75) is 11.6 Å². The van der Waals surface area contributed by atoms with E-state index in [2.05, 4.69) is 5.32 Å². The SMILES string of the molecule is NC(c1ccccc1)(c1ccccc1)C(NC=O)C(=O)O. The molecule has 0 radical (unpaired) electrons. The highest BCUT2D eigenvalue weighted by molar-refractivity contribution is 5.80. The molecule has 0 bridgehead atoms. The van der Waals surface area contributed by atoms with Gasteiger partial charge in [-0.1, -0.05) is 60.7 Å². The fraction of sp³-hybridized carbons (Fsp3) is 0.125. The van der Waals surface area contributed by atoms with E-state index in [0.29, 0.717) is 17.5 Å². The van der Waals surface area contributed by atoms with Crippen LogP contribution in [0, 0.1) is 0 Å². The number of carboxylic acid groups (broad SMARTS) is 1. The summed E-state index contributed by atoms with van der Waals surface area (Å²) in [6.45, 7) is 0. The summed E-state index contributed by atoms with van der Waals surface area (Å²) >= 11 is 0. The molecule has 0 spiro atoms. The number of hydrogen-bond acceptors (Lipinski definition) is 3. The first-order chi connectivity index (χ1) is 10.1. The number of carbonyl (C=O) groups is 2. The Kier molecular flexibility index (Phi) is 4.35. The maximum Gasteiger partial charge on any atom is 0.328 e. The minimum Gasteiger partial charge on any atom is -0.480 e. The Hall–Kier alpha value is -2.66. The van der Waals surface area contributed by atoms with Gasteiger partial charge in [0, 0.05) is 0 Å². The maximum absolute atomic E-state index is 11.6. The van der Waals surface area contributed by atoms with Gasteiger partial charge in [-0.25, -0.2) is 4.79 Å². The number of benzene rings is 2. The highest BCUT2D eigenvalue weighted by Crippen LogP contribution is 2.30. The molecule has 0 aromatic heterocycles. The first-order valence-electron chi connectivity index (χ1n) is 6.43. The Bertz CT molecular complexity index is 574. The van der Waals surface area contributed by atoms with Crippen LogP contribution in [0.4, 0.5) is 0 Å². The smallest absolute Gasteiger partial charge is 0.328 e. The van der Waals surface area contributed by atoms with Crippen molar-refractivity contribution in [3.8, 4) is 0 Å². The van der Waals surface area contributed by atoms with E-state index >= 15 is 0 Å². The normalized spacial score (nSPS) is 12.4. The fourth-order valence-electron chi connectivity index (χ4n) is 2.39. The quantitative estimate of drug-likeness (QED) is 0.692. The van der Waals surface area contributed by atoms with Gasteiger partial charge in [0.15, 0.2) is 6.04 Å². The lowest BCUT2D eigenvalue weighted by molar-refractivity contribution is -0.142. The molecule has 0 saturated carbocycles. The highest BCUT2D eigenvalue weighted by Gasteiger charge is 2.42. The molecule has 5 heteroatoms. The number of amides is 1. The molecule has 0 aliphatic heterocycles. The molecule has 0 saturated heterocycles. The third kappa shape index (κ3) is 2.78. The van der Waals surface area contributed by atoms with E-state index in [-0.39, 0.29) is 0 Å². The predicted octanol–water partition coefficient (Wildman–Crippen LogP) is 1.09. The molecule has 1 unspecified atom stereocenters. The number of rotatable bonds is 6. The Labute approximate surface area is 122 Å². The lowest BCUT2D eigenvalue weighted by Crippen LogP contribution is -2.59. The molecule has 0 fully saturated rings. The second-order valence-electron chi connectivity index (χ2n) is 4.66. The maximum atomic E-state index is 11.6. The third-order valence-electron chi connectivity index (χ3n) is 3.44. The van der Waals surface area contributed by atoms with Gasteiger partial charge >= 0.3 is 5.97 Å². The topological polar surface area (TPSA) is 92.4 Å². The van der Waals surface area contributed by atoms with E-state index in [1.807, 2.05) is 12.1 Å². The van der Waals surface area contributed by atoms with Crippen LogP contribution in [-0.2, 0) is 15.1 Å². The van der Waals surface area contributed by atoms with Crippen molar-refractivity contribution in [3.63, 3.8) is 0 Å². The summed E-state index contributed by atoms with van der Waals surface area (Å²) in [6.07, 6.45) is 0.353. The minimum atomic E-state index is -1.37. The zero-order valence-corrected chi connectivity index (χ0v) is 11.3. The van der Waals surface area contributed by atoms with Crippen LogP contribution in [0.5, 0.6) is 0 Å².